The zero-order valence-electron chi connectivity index (χ0n) is 9.59. The molecule has 1 aromatic heterocycles. The molecule has 0 saturated heterocycles. The third-order valence-corrected chi connectivity index (χ3v) is 2.33. The number of amides is 1. The molecule has 1 heterocycles. The van der Waals surface area contributed by atoms with Gasteiger partial charge in [-0.25, -0.2) is 4.39 Å². The highest BCUT2D eigenvalue weighted by Gasteiger charge is 2.09. The van der Waals surface area contributed by atoms with Crippen molar-refractivity contribution in [2.45, 2.75) is 0 Å². The first-order valence-electron chi connectivity index (χ1n) is 5.25. The van der Waals surface area contributed by atoms with Crippen LogP contribution >= 0.6 is 0 Å². The van der Waals surface area contributed by atoms with Gasteiger partial charge in [0, 0.05) is 11.9 Å². The summed E-state index contributed by atoms with van der Waals surface area (Å²) in [5, 5.41) is 20.4. The molecule has 2 rings (SSSR count). The van der Waals surface area contributed by atoms with Crippen LogP contribution in [-0.4, -0.2) is 16.0 Å². The SMILES string of the molecule is N#Cc1cc(NC(=O)c2cncc(O)c2)ccc1F. The Labute approximate surface area is 108 Å². The number of pyridine rings is 1. The van der Waals surface area contributed by atoms with Gasteiger partial charge in [-0.3, -0.25) is 9.78 Å². The molecule has 2 N–H and O–H groups in total. The summed E-state index contributed by atoms with van der Waals surface area (Å²) in [7, 11) is 0. The van der Waals surface area contributed by atoms with Gasteiger partial charge in [0.2, 0.25) is 0 Å². The van der Waals surface area contributed by atoms with Gasteiger partial charge in [0.15, 0.2) is 0 Å². The normalized spacial score (nSPS) is 9.68. The monoisotopic (exact) mass is 257 g/mol. The smallest absolute Gasteiger partial charge is 0.257 e. The van der Waals surface area contributed by atoms with Crippen molar-refractivity contribution < 1.29 is 14.3 Å². The lowest BCUT2D eigenvalue weighted by Crippen LogP contribution is -2.12. The number of benzene rings is 1. The van der Waals surface area contributed by atoms with Crippen molar-refractivity contribution in [3.8, 4) is 11.8 Å². The molecule has 0 aliphatic carbocycles. The van der Waals surface area contributed by atoms with E-state index in [0.717, 1.165) is 6.07 Å². The van der Waals surface area contributed by atoms with E-state index in [2.05, 4.69) is 10.3 Å². The van der Waals surface area contributed by atoms with Crippen LogP contribution < -0.4 is 5.32 Å². The fraction of sp³-hybridized carbons (Fsp3) is 0. The topological polar surface area (TPSA) is 86.0 Å². The summed E-state index contributed by atoms with van der Waals surface area (Å²) in [6.07, 6.45) is 2.48. The lowest BCUT2D eigenvalue weighted by molar-refractivity contribution is 0.102. The van der Waals surface area contributed by atoms with E-state index in [0.29, 0.717) is 0 Å². The van der Waals surface area contributed by atoms with Crippen molar-refractivity contribution in [1.82, 2.24) is 4.98 Å². The molecule has 0 atom stereocenters. The Morgan fingerprint density at radius 3 is 2.84 bits per heavy atom. The Morgan fingerprint density at radius 2 is 2.16 bits per heavy atom. The molecular formula is C13H8FN3O2. The van der Waals surface area contributed by atoms with Crippen molar-refractivity contribution in [3.63, 3.8) is 0 Å². The Balaban J connectivity index is 2.22. The minimum absolute atomic E-state index is 0.135. The van der Waals surface area contributed by atoms with E-state index >= 15 is 0 Å². The van der Waals surface area contributed by atoms with Crippen LogP contribution in [0.2, 0.25) is 0 Å². The molecule has 0 unspecified atom stereocenters. The number of rotatable bonds is 2. The van der Waals surface area contributed by atoms with Crippen molar-refractivity contribution in [2.24, 2.45) is 0 Å². The first kappa shape index (κ1) is 12.5. The molecule has 0 fully saturated rings. The molecule has 0 aliphatic rings. The summed E-state index contributed by atoms with van der Waals surface area (Å²) < 4.78 is 13.1. The zero-order chi connectivity index (χ0) is 13.8. The summed E-state index contributed by atoms with van der Waals surface area (Å²) in [4.78, 5) is 15.5. The first-order chi connectivity index (χ1) is 9.10. The van der Waals surface area contributed by atoms with Gasteiger partial charge in [0.25, 0.3) is 5.91 Å². The Kier molecular flexibility index (Phi) is 3.39. The summed E-state index contributed by atoms with van der Waals surface area (Å²) in [6, 6.07) is 6.58. The van der Waals surface area contributed by atoms with Gasteiger partial charge in [-0.1, -0.05) is 0 Å². The van der Waals surface area contributed by atoms with Crippen molar-refractivity contribution in [3.05, 3.63) is 53.6 Å². The highest BCUT2D eigenvalue weighted by Crippen LogP contribution is 2.16. The van der Waals surface area contributed by atoms with Crippen LogP contribution in [0.15, 0.2) is 36.7 Å². The third kappa shape index (κ3) is 2.84. The summed E-state index contributed by atoms with van der Waals surface area (Å²) >= 11 is 0. The highest BCUT2D eigenvalue weighted by atomic mass is 19.1. The second kappa shape index (κ2) is 5.14. The van der Waals surface area contributed by atoms with Crippen molar-refractivity contribution >= 4 is 11.6 Å². The number of aromatic nitrogens is 1. The van der Waals surface area contributed by atoms with Crippen molar-refractivity contribution in [1.29, 1.82) is 5.26 Å². The largest absolute Gasteiger partial charge is 0.506 e. The van der Waals surface area contributed by atoms with Crippen molar-refractivity contribution in [2.75, 3.05) is 5.32 Å². The Bertz CT molecular complexity index is 680. The van der Waals surface area contributed by atoms with Gasteiger partial charge < -0.3 is 10.4 Å². The molecule has 0 bridgehead atoms. The Hall–Kier alpha value is -2.94. The summed E-state index contributed by atoms with van der Waals surface area (Å²) in [5.41, 5.74) is 0.279. The fourth-order valence-electron chi connectivity index (χ4n) is 1.44. The van der Waals surface area contributed by atoms with Crippen LogP contribution in [0.1, 0.15) is 15.9 Å². The average Bonchev–Trinajstić information content (AvgIpc) is 2.41. The van der Waals surface area contributed by atoms with E-state index in [1.807, 2.05) is 0 Å². The number of hydrogen-bond acceptors (Lipinski definition) is 4. The van der Waals surface area contributed by atoms with E-state index in [9.17, 15) is 14.3 Å². The number of hydrogen-bond donors (Lipinski definition) is 2. The van der Waals surface area contributed by atoms with Crippen LogP contribution in [0.5, 0.6) is 5.75 Å². The van der Waals surface area contributed by atoms with Gasteiger partial charge >= 0.3 is 0 Å². The predicted octanol–water partition coefficient (Wildman–Crippen LogP) is 2.05. The van der Waals surface area contributed by atoms with E-state index in [4.69, 9.17) is 5.26 Å². The van der Waals surface area contributed by atoms with E-state index < -0.39 is 11.7 Å². The standard InChI is InChI=1S/C13H8FN3O2/c14-12-2-1-10(3-8(12)5-15)17-13(19)9-4-11(18)7-16-6-9/h1-4,6-7,18H,(H,17,19). The summed E-state index contributed by atoms with van der Waals surface area (Å²) in [6.45, 7) is 0. The number of anilines is 1. The second-order valence-electron chi connectivity index (χ2n) is 3.69. The lowest BCUT2D eigenvalue weighted by Gasteiger charge is -2.05. The fourth-order valence-corrected chi connectivity index (χ4v) is 1.44. The van der Waals surface area contributed by atoms with Gasteiger partial charge in [0.1, 0.15) is 17.6 Å². The zero-order valence-corrected chi connectivity index (χ0v) is 9.59. The molecule has 1 amide bonds. The maximum atomic E-state index is 13.1. The number of carbonyl (C=O) groups is 1. The maximum absolute atomic E-state index is 13.1. The summed E-state index contributed by atoms with van der Waals surface area (Å²) in [5.74, 6) is -1.30. The third-order valence-electron chi connectivity index (χ3n) is 2.33. The number of halogens is 1. The van der Waals surface area contributed by atoms with Gasteiger partial charge in [-0.05, 0) is 24.3 Å². The van der Waals surface area contributed by atoms with E-state index in [1.54, 1.807) is 6.07 Å². The molecule has 2 aromatic rings. The number of nitrogens with zero attached hydrogens (tertiary/aromatic N) is 2. The lowest BCUT2D eigenvalue weighted by atomic mass is 10.2. The number of carbonyl (C=O) groups excluding carboxylic acids is 1. The second-order valence-corrected chi connectivity index (χ2v) is 3.69. The molecule has 0 spiro atoms. The minimum atomic E-state index is -0.653. The molecule has 6 heteroatoms. The van der Waals surface area contributed by atoms with Gasteiger partial charge in [-0.15, -0.1) is 0 Å². The number of aromatic hydroxyl groups is 1. The van der Waals surface area contributed by atoms with Crippen LogP contribution in [-0.2, 0) is 0 Å². The van der Waals surface area contributed by atoms with E-state index in [1.165, 1.54) is 30.6 Å². The minimum Gasteiger partial charge on any atom is -0.506 e. The van der Waals surface area contributed by atoms with Crippen LogP contribution in [0, 0.1) is 17.1 Å². The number of nitrogens with one attached hydrogen (secondary N) is 1. The Morgan fingerprint density at radius 1 is 1.37 bits per heavy atom. The quantitative estimate of drug-likeness (QED) is 0.862. The maximum Gasteiger partial charge on any atom is 0.257 e. The highest BCUT2D eigenvalue weighted by molar-refractivity contribution is 6.04. The van der Waals surface area contributed by atoms with Crippen LogP contribution in [0.3, 0.4) is 0 Å². The molecule has 5 nitrogen and oxygen atoms in total. The molecule has 1 aromatic carbocycles. The average molecular weight is 257 g/mol. The number of nitriles is 1. The molecule has 0 saturated carbocycles. The van der Waals surface area contributed by atoms with Crippen LogP contribution in [0.25, 0.3) is 0 Å². The first-order valence-corrected chi connectivity index (χ1v) is 5.25. The van der Waals surface area contributed by atoms with E-state index in [-0.39, 0.29) is 22.6 Å². The molecule has 94 valence electrons. The molecule has 0 radical (unpaired) electrons. The van der Waals surface area contributed by atoms with Crippen LogP contribution in [0.4, 0.5) is 10.1 Å². The molecular weight excluding hydrogens is 249 g/mol. The molecule has 0 aliphatic heterocycles. The van der Waals surface area contributed by atoms with Gasteiger partial charge in [-0.2, -0.15) is 5.26 Å². The van der Waals surface area contributed by atoms with Gasteiger partial charge in [0.05, 0.1) is 17.3 Å². The molecule has 19 heavy (non-hydrogen) atoms. The predicted molar refractivity (Wildman–Crippen MR) is 65.0 cm³/mol.